The number of amides is 1. The van der Waals surface area contributed by atoms with Crippen LogP contribution in [0.1, 0.15) is 35.2 Å². The van der Waals surface area contributed by atoms with E-state index >= 15 is 0 Å². The molecule has 7 heteroatoms. The summed E-state index contributed by atoms with van der Waals surface area (Å²) in [7, 11) is 0. The first-order valence-corrected chi connectivity index (χ1v) is 10.3. The third-order valence-electron chi connectivity index (χ3n) is 4.40. The molecular formula is C22H25NO5S. The van der Waals surface area contributed by atoms with Crippen LogP contribution in [-0.4, -0.2) is 31.7 Å². The molecule has 2 aromatic rings. The third-order valence-corrected chi connectivity index (χ3v) is 5.36. The molecule has 1 aliphatic heterocycles. The molecule has 0 spiro atoms. The van der Waals surface area contributed by atoms with Crippen LogP contribution in [0.4, 0.5) is 0 Å². The Morgan fingerprint density at radius 1 is 1.17 bits per heavy atom. The van der Waals surface area contributed by atoms with Gasteiger partial charge >= 0.3 is 5.97 Å². The summed E-state index contributed by atoms with van der Waals surface area (Å²) in [5, 5.41) is 2.94. The van der Waals surface area contributed by atoms with Gasteiger partial charge in [0, 0.05) is 15.8 Å². The molecule has 1 amide bonds. The fraction of sp³-hybridized carbons (Fsp3) is 0.364. The van der Waals surface area contributed by atoms with E-state index in [1.54, 1.807) is 17.4 Å². The Morgan fingerprint density at radius 2 is 1.93 bits per heavy atom. The second-order valence-corrected chi connectivity index (χ2v) is 8.40. The predicted molar refractivity (Wildman–Crippen MR) is 112 cm³/mol. The molecule has 2 heterocycles. The average Bonchev–Trinajstić information content (AvgIpc) is 3.13. The molecule has 154 valence electrons. The highest BCUT2D eigenvalue weighted by Gasteiger charge is 2.21. The minimum absolute atomic E-state index is 0.138. The number of esters is 1. The quantitative estimate of drug-likeness (QED) is 0.548. The number of rotatable bonds is 7. The Labute approximate surface area is 174 Å². The number of benzene rings is 1. The van der Waals surface area contributed by atoms with Gasteiger partial charge in [0.15, 0.2) is 18.1 Å². The number of carbonyl (C=O) groups is 2. The molecule has 0 fully saturated rings. The van der Waals surface area contributed by atoms with E-state index in [9.17, 15) is 9.59 Å². The number of carbonyl (C=O) groups excluding carboxylic acids is 2. The highest BCUT2D eigenvalue weighted by Crippen LogP contribution is 2.34. The van der Waals surface area contributed by atoms with Crippen molar-refractivity contribution in [1.82, 2.24) is 5.32 Å². The van der Waals surface area contributed by atoms with Gasteiger partial charge in [-0.05, 0) is 48.7 Å². The maximum atomic E-state index is 12.3. The molecule has 1 aliphatic rings. The molecule has 0 saturated heterocycles. The van der Waals surface area contributed by atoms with Crippen molar-refractivity contribution >= 4 is 29.3 Å². The van der Waals surface area contributed by atoms with Crippen molar-refractivity contribution in [1.29, 1.82) is 0 Å². The smallest absolute Gasteiger partial charge is 0.331 e. The van der Waals surface area contributed by atoms with Crippen molar-refractivity contribution in [3.8, 4) is 11.5 Å². The first-order valence-electron chi connectivity index (χ1n) is 9.52. The zero-order valence-corrected chi connectivity index (χ0v) is 17.6. The van der Waals surface area contributed by atoms with Crippen LogP contribution in [0.15, 0.2) is 36.4 Å². The molecule has 1 N–H and O–H groups in total. The molecular weight excluding hydrogens is 390 g/mol. The van der Waals surface area contributed by atoms with E-state index < -0.39 is 5.97 Å². The van der Waals surface area contributed by atoms with E-state index in [1.807, 2.05) is 51.1 Å². The number of thiophene rings is 1. The largest absolute Gasteiger partial charge is 0.486 e. The highest BCUT2D eigenvalue weighted by atomic mass is 32.1. The number of hydrogen-bond acceptors (Lipinski definition) is 6. The van der Waals surface area contributed by atoms with Crippen molar-refractivity contribution in [3.05, 3.63) is 51.7 Å². The van der Waals surface area contributed by atoms with Gasteiger partial charge in [0.05, 0.1) is 6.04 Å². The summed E-state index contributed by atoms with van der Waals surface area (Å²) < 4.78 is 16.2. The molecule has 3 rings (SSSR count). The minimum atomic E-state index is -0.549. The summed E-state index contributed by atoms with van der Waals surface area (Å²) in [6.07, 6.45) is 3.02. The average molecular weight is 416 g/mol. The summed E-state index contributed by atoms with van der Waals surface area (Å²) in [6, 6.07) is 9.32. The monoisotopic (exact) mass is 415 g/mol. The Kier molecular flexibility index (Phi) is 6.93. The SMILES string of the molecule is Cc1ccc(/C=C/C(=O)OCC(=O)N[C@@H](c2ccc3c(c2)OCCO3)C(C)C)s1. The van der Waals surface area contributed by atoms with Gasteiger partial charge in [-0.2, -0.15) is 0 Å². The van der Waals surface area contributed by atoms with Crippen LogP contribution < -0.4 is 14.8 Å². The lowest BCUT2D eigenvalue weighted by Gasteiger charge is -2.25. The highest BCUT2D eigenvalue weighted by molar-refractivity contribution is 7.12. The third kappa shape index (κ3) is 5.84. The number of hydrogen-bond donors (Lipinski definition) is 1. The van der Waals surface area contributed by atoms with Crippen molar-refractivity contribution in [2.75, 3.05) is 19.8 Å². The van der Waals surface area contributed by atoms with Crippen molar-refractivity contribution in [2.24, 2.45) is 5.92 Å². The molecule has 0 bridgehead atoms. The van der Waals surface area contributed by atoms with E-state index in [4.69, 9.17) is 14.2 Å². The lowest BCUT2D eigenvalue weighted by molar-refractivity contribution is -0.144. The van der Waals surface area contributed by atoms with Gasteiger partial charge in [0.2, 0.25) is 0 Å². The van der Waals surface area contributed by atoms with Gasteiger partial charge in [0.25, 0.3) is 5.91 Å². The molecule has 1 aromatic carbocycles. The predicted octanol–water partition coefficient (Wildman–Crippen LogP) is 3.90. The maximum absolute atomic E-state index is 12.3. The molecule has 1 aromatic heterocycles. The second-order valence-electron chi connectivity index (χ2n) is 7.08. The van der Waals surface area contributed by atoms with Crippen LogP contribution in [0.25, 0.3) is 6.08 Å². The molecule has 29 heavy (non-hydrogen) atoms. The summed E-state index contributed by atoms with van der Waals surface area (Å²) in [5.74, 6) is 0.614. The normalized spacial score (nSPS) is 14.1. The summed E-state index contributed by atoms with van der Waals surface area (Å²) in [6.45, 7) is 6.73. The Morgan fingerprint density at radius 3 is 2.62 bits per heavy atom. The molecule has 1 atom stereocenters. The van der Waals surface area contributed by atoms with E-state index in [0.29, 0.717) is 24.7 Å². The molecule has 0 unspecified atom stereocenters. The Bertz CT molecular complexity index is 902. The van der Waals surface area contributed by atoms with E-state index in [2.05, 4.69) is 5.32 Å². The van der Waals surface area contributed by atoms with Crippen molar-refractivity contribution < 1.29 is 23.8 Å². The van der Waals surface area contributed by atoms with E-state index in [1.165, 1.54) is 6.08 Å². The molecule has 6 nitrogen and oxygen atoms in total. The molecule has 0 aliphatic carbocycles. The molecule has 0 saturated carbocycles. The van der Waals surface area contributed by atoms with Crippen molar-refractivity contribution in [3.63, 3.8) is 0 Å². The Hall–Kier alpha value is -2.80. The second kappa shape index (κ2) is 9.60. The van der Waals surface area contributed by atoms with Crippen LogP contribution in [0.3, 0.4) is 0 Å². The van der Waals surface area contributed by atoms with Crippen LogP contribution in [0.2, 0.25) is 0 Å². The standard InChI is InChI=1S/C22H25NO5S/c1-14(2)22(16-5-8-18-19(12-16)27-11-10-26-18)23-20(24)13-28-21(25)9-7-17-6-4-15(3)29-17/h4-9,12,14,22H,10-11,13H2,1-3H3,(H,23,24)/b9-7+/t22-/m1/s1. The zero-order chi connectivity index (χ0) is 20.8. The van der Waals surface area contributed by atoms with Gasteiger partial charge in [-0.1, -0.05) is 19.9 Å². The lowest BCUT2D eigenvalue weighted by atomic mass is 9.95. The zero-order valence-electron chi connectivity index (χ0n) is 16.8. The number of ether oxygens (including phenoxy) is 3. The van der Waals surface area contributed by atoms with Crippen LogP contribution in [-0.2, 0) is 14.3 Å². The lowest BCUT2D eigenvalue weighted by Crippen LogP contribution is -2.35. The van der Waals surface area contributed by atoms with Gasteiger partial charge < -0.3 is 19.5 Å². The van der Waals surface area contributed by atoms with Crippen LogP contribution in [0.5, 0.6) is 11.5 Å². The summed E-state index contributed by atoms with van der Waals surface area (Å²) >= 11 is 1.58. The molecule has 0 radical (unpaired) electrons. The van der Waals surface area contributed by atoms with Crippen LogP contribution >= 0.6 is 11.3 Å². The number of aryl methyl sites for hydroxylation is 1. The van der Waals surface area contributed by atoms with Gasteiger partial charge in [-0.25, -0.2) is 4.79 Å². The minimum Gasteiger partial charge on any atom is -0.486 e. The fourth-order valence-corrected chi connectivity index (χ4v) is 3.76. The van der Waals surface area contributed by atoms with Crippen LogP contribution in [0, 0.1) is 12.8 Å². The topological polar surface area (TPSA) is 73.9 Å². The van der Waals surface area contributed by atoms with E-state index in [-0.39, 0.29) is 24.5 Å². The van der Waals surface area contributed by atoms with Gasteiger partial charge in [-0.3, -0.25) is 4.79 Å². The summed E-state index contributed by atoms with van der Waals surface area (Å²) in [4.78, 5) is 26.3. The van der Waals surface area contributed by atoms with Crippen molar-refractivity contribution in [2.45, 2.75) is 26.8 Å². The van der Waals surface area contributed by atoms with Gasteiger partial charge in [-0.15, -0.1) is 11.3 Å². The number of fused-ring (bicyclic) bond motifs is 1. The Balaban J connectivity index is 1.55. The first kappa shape index (κ1) is 20.9. The van der Waals surface area contributed by atoms with E-state index in [0.717, 1.165) is 15.3 Å². The van der Waals surface area contributed by atoms with Gasteiger partial charge in [0.1, 0.15) is 13.2 Å². The first-order chi connectivity index (χ1) is 13.9. The maximum Gasteiger partial charge on any atom is 0.331 e. The summed E-state index contributed by atoms with van der Waals surface area (Å²) in [5.41, 5.74) is 0.914. The number of nitrogens with one attached hydrogen (secondary N) is 1. The fourth-order valence-electron chi connectivity index (χ4n) is 2.98.